The van der Waals surface area contributed by atoms with Crippen molar-refractivity contribution < 1.29 is 13.2 Å². The van der Waals surface area contributed by atoms with E-state index in [2.05, 4.69) is 5.10 Å². The summed E-state index contributed by atoms with van der Waals surface area (Å²) in [5, 5.41) is 5.31. The van der Waals surface area contributed by atoms with Crippen molar-refractivity contribution >= 4 is 10.9 Å². The summed E-state index contributed by atoms with van der Waals surface area (Å²) in [6.45, 7) is 1.86. The molecule has 2 aromatic rings. The minimum absolute atomic E-state index is 0.239. The van der Waals surface area contributed by atoms with Crippen molar-refractivity contribution in [2.24, 2.45) is 0 Å². The number of aryl methyl sites for hydroxylation is 1. The molecular weight excluding hydrogens is 265 g/mol. The fourth-order valence-corrected chi connectivity index (χ4v) is 3.08. The van der Waals surface area contributed by atoms with Crippen molar-refractivity contribution in [1.82, 2.24) is 9.78 Å². The molecular formula is C15H17F3N2. The molecule has 1 aromatic carbocycles. The Labute approximate surface area is 115 Å². The minimum atomic E-state index is -4.30. The average Bonchev–Trinajstić information content (AvgIpc) is 2.76. The molecule has 2 nitrogen and oxygen atoms in total. The highest BCUT2D eigenvalue weighted by Crippen LogP contribution is 2.35. The van der Waals surface area contributed by atoms with Gasteiger partial charge < -0.3 is 0 Å². The summed E-state index contributed by atoms with van der Waals surface area (Å²) in [6, 6.07) is 4.16. The minimum Gasteiger partial charge on any atom is -0.262 e. The highest BCUT2D eigenvalue weighted by atomic mass is 19.4. The molecule has 0 unspecified atom stereocenters. The predicted octanol–water partition coefficient (Wildman–Crippen LogP) is 4.87. The van der Waals surface area contributed by atoms with E-state index in [1.54, 1.807) is 6.07 Å². The first-order chi connectivity index (χ1) is 9.47. The quantitative estimate of drug-likeness (QED) is 0.729. The standard InChI is InChI=1S/C15H17F3N2/c1-10-13-8-7-11(15(16,17)18)9-14(13)20(19-10)12-5-3-2-4-6-12/h7-9,12H,2-6H2,1H3. The van der Waals surface area contributed by atoms with Crippen molar-refractivity contribution in [3.05, 3.63) is 29.5 Å². The van der Waals surface area contributed by atoms with Gasteiger partial charge in [0, 0.05) is 5.39 Å². The van der Waals surface area contributed by atoms with Crippen LogP contribution in [0.15, 0.2) is 18.2 Å². The van der Waals surface area contributed by atoms with Gasteiger partial charge in [0.05, 0.1) is 22.8 Å². The summed E-state index contributed by atoms with van der Waals surface area (Å²) in [7, 11) is 0. The van der Waals surface area contributed by atoms with Crippen LogP contribution in [0.2, 0.25) is 0 Å². The Balaban J connectivity index is 2.11. The number of hydrogen-bond acceptors (Lipinski definition) is 1. The summed E-state index contributed by atoms with van der Waals surface area (Å²) in [4.78, 5) is 0. The van der Waals surface area contributed by atoms with Gasteiger partial charge in [-0.2, -0.15) is 18.3 Å². The Morgan fingerprint density at radius 2 is 1.85 bits per heavy atom. The largest absolute Gasteiger partial charge is 0.416 e. The Bertz CT molecular complexity index is 622. The fraction of sp³-hybridized carbons (Fsp3) is 0.533. The lowest BCUT2D eigenvalue weighted by Crippen LogP contribution is -2.14. The predicted molar refractivity (Wildman–Crippen MR) is 71.6 cm³/mol. The molecule has 1 aliphatic rings. The van der Waals surface area contributed by atoms with Gasteiger partial charge in [-0.1, -0.05) is 25.3 Å². The third-order valence-electron chi connectivity index (χ3n) is 4.14. The molecule has 0 spiro atoms. The van der Waals surface area contributed by atoms with Crippen LogP contribution in [0.3, 0.4) is 0 Å². The third kappa shape index (κ3) is 2.30. The third-order valence-corrected chi connectivity index (χ3v) is 4.14. The maximum Gasteiger partial charge on any atom is 0.416 e. The van der Waals surface area contributed by atoms with E-state index in [0.29, 0.717) is 5.52 Å². The van der Waals surface area contributed by atoms with Crippen LogP contribution in [-0.4, -0.2) is 9.78 Å². The van der Waals surface area contributed by atoms with Crippen LogP contribution in [0.5, 0.6) is 0 Å². The number of hydrogen-bond donors (Lipinski definition) is 0. The van der Waals surface area contributed by atoms with Gasteiger partial charge in [-0.25, -0.2) is 0 Å². The SMILES string of the molecule is Cc1nn(C2CCCCC2)c2cc(C(F)(F)F)ccc12. The smallest absolute Gasteiger partial charge is 0.262 e. The van der Waals surface area contributed by atoms with E-state index in [1.165, 1.54) is 12.5 Å². The summed E-state index contributed by atoms with van der Waals surface area (Å²) < 4.78 is 40.4. The van der Waals surface area contributed by atoms with Crippen molar-refractivity contribution in [2.75, 3.05) is 0 Å². The molecule has 20 heavy (non-hydrogen) atoms. The van der Waals surface area contributed by atoms with Crippen molar-refractivity contribution in [3.63, 3.8) is 0 Å². The lowest BCUT2D eigenvalue weighted by molar-refractivity contribution is -0.137. The molecule has 1 aromatic heterocycles. The van der Waals surface area contributed by atoms with Crippen LogP contribution in [0.25, 0.3) is 10.9 Å². The first-order valence-corrected chi connectivity index (χ1v) is 7.03. The first-order valence-electron chi connectivity index (χ1n) is 7.03. The van der Waals surface area contributed by atoms with E-state index in [0.717, 1.165) is 42.8 Å². The number of alkyl halides is 3. The second-order valence-corrected chi connectivity index (χ2v) is 5.55. The fourth-order valence-electron chi connectivity index (χ4n) is 3.08. The van der Waals surface area contributed by atoms with E-state index in [1.807, 2.05) is 11.6 Å². The van der Waals surface area contributed by atoms with Crippen LogP contribution >= 0.6 is 0 Å². The van der Waals surface area contributed by atoms with Crippen molar-refractivity contribution in [1.29, 1.82) is 0 Å². The second kappa shape index (κ2) is 4.79. The average molecular weight is 282 g/mol. The zero-order valence-corrected chi connectivity index (χ0v) is 11.4. The number of fused-ring (bicyclic) bond motifs is 1. The Morgan fingerprint density at radius 1 is 1.15 bits per heavy atom. The molecule has 0 radical (unpaired) electrons. The van der Waals surface area contributed by atoms with Gasteiger partial charge in [0.2, 0.25) is 0 Å². The first kappa shape index (κ1) is 13.5. The highest BCUT2D eigenvalue weighted by Gasteiger charge is 2.31. The van der Waals surface area contributed by atoms with Gasteiger partial charge >= 0.3 is 6.18 Å². The van der Waals surface area contributed by atoms with Gasteiger partial charge in [0.25, 0.3) is 0 Å². The van der Waals surface area contributed by atoms with Crippen molar-refractivity contribution in [2.45, 2.75) is 51.2 Å². The molecule has 0 amide bonds. The Morgan fingerprint density at radius 3 is 2.50 bits per heavy atom. The van der Waals surface area contributed by atoms with Crippen LogP contribution in [-0.2, 0) is 6.18 Å². The Hall–Kier alpha value is -1.52. The lowest BCUT2D eigenvalue weighted by atomic mass is 9.95. The van der Waals surface area contributed by atoms with Crippen LogP contribution in [0, 0.1) is 6.92 Å². The van der Waals surface area contributed by atoms with Crippen LogP contribution in [0.4, 0.5) is 13.2 Å². The number of benzene rings is 1. The summed E-state index contributed by atoms with van der Waals surface area (Å²) in [5.41, 5.74) is 0.825. The molecule has 0 atom stereocenters. The van der Waals surface area contributed by atoms with E-state index in [4.69, 9.17) is 0 Å². The zero-order valence-electron chi connectivity index (χ0n) is 11.4. The Kier molecular flexibility index (Phi) is 3.22. The number of halogens is 3. The molecule has 1 saturated carbocycles. The molecule has 0 bridgehead atoms. The molecule has 0 saturated heterocycles. The number of aromatic nitrogens is 2. The monoisotopic (exact) mass is 282 g/mol. The molecule has 1 fully saturated rings. The maximum atomic E-state index is 12.9. The normalized spacial score (nSPS) is 17.8. The van der Waals surface area contributed by atoms with E-state index in [9.17, 15) is 13.2 Å². The van der Waals surface area contributed by atoms with Gasteiger partial charge in [-0.3, -0.25) is 4.68 Å². The summed E-state index contributed by atoms with van der Waals surface area (Å²) in [6.07, 6.45) is 1.18. The molecule has 1 heterocycles. The van der Waals surface area contributed by atoms with Crippen LogP contribution < -0.4 is 0 Å². The number of nitrogens with zero attached hydrogens (tertiary/aromatic N) is 2. The van der Waals surface area contributed by atoms with E-state index in [-0.39, 0.29) is 6.04 Å². The summed E-state index contributed by atoms with van der Waals surface area (Å²) in [5.74, 6) is 0. The second-order valence-electron chi connectivity index (χ2n) is 5.55. The molecule has 3 rings (SSSR count). The van der Waals surface area contributed by atoms with Crippen LogP contribution in [0.1, 0.15) is 49.4 Å². The zero-order chi connectivity index (χ0) is 14.3. The lowest BCUT2D eigenvalue weighted by Gasteiger charge is -2.23. The van der Waals surface area contributed by atoms with Crippen molar-refractivity contribution in [3.8, 4) is 0 Å². The molecule has 108 valence electrons. The van der Waals surface area contributed by atoms with E-state index >= 15 is 0 Å². The van der Waals surface area contributed by atoms with E-state index < -0.39 is 11.7 Å². The molecule has 5 heteroatoms. The van der Waals surface area contributed by atoms with Gasteiger partial charge in [0.1, 0.15) is 0 Å². The summed E-state index contributed by atoms with van der Waals surface area (Å²) >= 11 is 0. The van der Waals surface area contributed by atoms with Gasteiger partial charge in [-0.15, -0.1) is 0 Å². The number of rotatable bonds is 1. The van der Waals surface area contributed by atoms with Gasteiger partial charge in [-0.05, 0) is 31.9 Å². The van der Waals surface area contributed by atoms with Gasteiger partial charge in [0.15, 0.2) is 0 Å². The molecule has 0 aliphatic heterocycles. The molecule has 0 N–H and O–H groups in total. The highest BCUT2D eigenvalue weighted by molar-refractivity contribution is 5.82. The maximum absolute atomic E-state index is 12.9. The topological polar surface area (TPSA) is 17.8 Å². The molecule has 1 aliphatic carbocycles.